The highest BCUT2D eigenvalue weighted by Gasteiger charge is 2.24. The maximum Gasteiger partial charge on any atom is 0.101 e. The van der Waals surface area contributed by atoms with E-state index in [1.54, 1.807) is 0 Å². The third-order valence-electron chi connectivity index (χ3n) is 2.72. The van der Waals surface area contributed by atoms with Gasteiger partial charge in [0.25, 0.3) is 0 Å². The lowest BCUT2D eigenvalue weighted by Crippen LogP contribution is -1.96. The lowest BCUT2D eigenvalue weighted by atomic mass is 9.91. The quantitative estimate of drug-likeness (QED) is 0.589. The summed E-state index contributed by atoms with van der Waals surface area (Å²) in [5.41, 5.74) is 10.0. The highest BCUT2D eigenvalue weighted by atomic mass is 14.6. The van der Waals surface area contributed by atoms with Crippen LogP contribution in [0.5, 0.6) is 0 Å². The van der Waals surface area contributed by atoms with E-state index >= 15 is 0 Å². The summed E-state index contributed by atoms with van der Waals surface area (Å²) < 4.78 is 0. The zero-order valence-electron chi connectivity index (χ0n) is 7.06. The summed E-state index contributed by atoms with van der Waals surface area (Å²) in [7, 11) is 0. The Bertz CT molecular complexity index is 315. The number of nitriles is 1. The molecule has 0 spiro atoms. The van der Waals surface area contributed by atoms with Crippen LogP contribution in [0, 0.1) is 11.3 Å². The first-order valence-electron chi connectivity index (χ1n) is 4.43. The first-order chi connectivity index (χ1) is 5.83. The molecule has 12 heavy (non-hydrogen) atoms. The summed E-state index contributed by atoms with van der Waals surface area (Å²) in [6.45, 7) is 0. The number of hydrogen-bond acceptors (Lipinski definition) is 2. The Kier molecular flexibility index (Phi) is 1.65. The summed E-state index contributed by atoms with van der Waals surface area (Å²) in [4.78, 5) is 0. The fourth-order valence-corrected chi connectivity index (χ4v) is 2.12. The Morgan fingerprint density at radius 1 is 1.25 bits per heavy atom. The van der Waals surface area contributed by atoms with Crippen LogP contribution in [-0.4, -0.2) is 0 Å². The van der Waals surface area contributed by atoms with Gasteiger partial charge in [0.1, 0.15) is 6.07 Å². The normalized spacial score (nSPS) is 22.6. The van der Waals surface area contributed by atoms with E-state index in [1.807, 2.05) is 0 Å². The zero-order valence-corrected chi connectivity index (χ0v) is 7.06. The Balaban J connectivity index is 2.37. The van der Waals surface area contributed by atoms with Crippen molar-refractivity contribution < 1.29 is 0 Å². The van der Waals surface area contributed by atoms with Crippen LogP contribution in [0.1, 0.15) is 32.1 Å². The summed E-state index contributed by atoms with van der Waals surface area (Å²) in [6.07, 6.45) is 5.57. The van der Waals surface area contributed by atoms with Gasteiger partial charge in [-0.3, -0.25) is 0 Å². The van der Waals surface area contributed by atoms with Crippen LogP contribution in [0.4, 0.5) is 0 Å². The number of hydrogen-bond donors (Lipinski definition) is 1. The molecule has 2 aliphatic carbocycles. The minimum Gasteiger partial charge on any atom is -0.401 e. The van der Waals surface area contributed by atoms with E-state index in [9.17, 15) is 0 Å². The second-order valence-electron chi connectivity index (χ2n) is 3.48. The zero-order chi connectivity index (χ0) is 8.55. The van der Waals surface area contributed by atoms with Crippen molar-refractivity contribution in [2.24, 2.45) is 5.73 Å². The van der Waals surface area contributed by atoms with Crippen LogP contribution in [0.3, 0.4) is 0 Å². The molecule has 0 aromatic heterocycles. The minimum absolute atomic E-state index is 0.782. The molecule has 0 aromatic carbocycles. The van der Waals surface area contributed by atoms with Gasteiger partial charge >= 0.3 is 0 Å². The van der Waals surface area contributed by atoms with Crippen LogP contribution >= 0.6 is 0 Å². The van der Waals surface area contributed by atoms with Crippen molar-refractivity contribution in [3.8, 4) is 6.07 Å². The predicted octanol–water partition coefficient (Wildman–Crippen LogP) is 2.00. The number of rotatable bonds is 0. The van der Waals surface area contributed by atoms with Gasteiger partial charge in [-0.15, -0.1) is 0 Å². The SMILES string of the molecule is N#CC1=C(N)CC2=C1CCCC2. The van der Waals surface area contributed by atoms with Crippen LogP contribution in [0.15, 0.2) is 22.4 Å². The predicted molar refractivity (Wildman–Crippen MR) is 46.9 cm³/mol. The van der Waals surface area contributed by atoms with Crippen LogP contribution in [0.25, 0.3) is 0 Å². The molecule has 62 valence electrons. The van der Waals surface area contributed by atoms with E-state index < -0.39 is 0 Å². The lowest BCUT2D eigenvalue weighted by Gasteiger charge is -2.13. The largest absolute Gasteiger partial charge is 0.401 e. The molecule has 0 amide bonds. The molecule has 2 nitrogen and oxygen atoms in total. The van der Waals surface area contributed by atoms with Gasteiger partial charge in [-0.2, -0.15) is 5.26 Å². The van der Waals surface area contributed by atoms with Crippen molar-refractivity contribution in [3.05, 3.63) is 22.4 Å². The highest BCUT2D eigenvalue weighted by Crippen LogP contribution is 2.38. The Hall–Kier alpha value is -1.23. The van der Waals surface area contributed by atoms with Gasteiger partial charge in [-0.05, 0) is 31.3 Å². The van der Waals surface area contributed by atoms with E-state index in [0.717, 1.165) is 30.5 Å². The van der Waals surface area contributed by atoms with Crippen molar-refractivity contribution in [1.82, 2.24) is 0 Å². The first-order valence-corrected chi connectivity index (χ1v) is 4.43. The van der Waals surface area contributed by atoms with Crippen molar-refractivity contribution in [2.75, 3.05) is 0 Å². The molecule has 0 aliphatic heterocycles. The van der Waals surface area contributed by atoms with Gasteiger partial charge in [0.15, 0.2) is 0 Å². The molecule has 0 aromatic rings. The Morgan fingerprint density at radius 3 is 2.75 bits per heavy atom. The van der Waals surface area contributed by atoms with Gasteiger partial charge < -0.3 is 5.73 Å². The van der Waals surface area contributed by atoms with E-state index in [0.29, 0.717) is 0 Å². The summed E-state index contributed by atoms with van der Waals surface area (Å²) in [6, 6.07) is 2.21. The van der Waals surface area contributed by atoms with Gasteiger partial charge in [-0.25, -0.2) is 0 Å². The number of allylic oxidation sites excluding steroid dienone is 3. The molecule has 0 heterocycles. The number of nitrogens with two attached hydrogens (primary N) is 1. The molecule has 0 saturated heterocycles. The van der Waals surface area contributed by atoms with Gasteiger partial charge in [-0.1, -0.05) is 5.57 Å². The van der Waals surface area contributed by atoms with Crippen molar-refractivity contribution >= 4 is 0 Å². The first kappa shape index (κ1) is 7.42. The summed E-state index contributed by atoms with van der Waals surface area (Å²) in [5.74, 6) is 0. The molecule has 2 rings (SSSR count). The van der Waals surface area contributed by atoms with Gasteiger partial charge in [0.05, 0.1) is 5.57 Å². The van der Waals surface area contributed by atoms with Crippen molar-refractivity contribution in [1.29, 1.82) is 5.26 Å². The Morgan fingerprint density at radius 2 is 2.00 bits per heavy atom. The summed E-state index contributed by atoms with van der Waals surface area (Å²) in [5, 5.41) is 8.85. The molecule has 0 atom stereocenters. The summed E-state index contributed by atoms with van der Waals surface area (Å²) >= 11 is 0. The molecule has 0 saturated carbocycles. The molecule has 2 heteroatoms. The van der Waals surface area contributed by atoms with Crippen LogP contribution in [-0.2, 0) is 0 Å². The fraction of sp³-hybridized carbons (Fsp3) is 0.500. The Labute approximate surface area is 72.4 Å². The molecule has 0 bridgehead atoms. The third-order valence-corrected chi connectivity index (χ3v) is 2.72. The molecule has 0 fully saturated rings. The van der Waals surface area contributed by atoms with Gasteiger partial charge in [0, 0.05) is 12.1 Å². The molecule has 0 radical (unpaired) electrons. The van der Waals surface area contributed by atoms with E-state index in [2.05, 4.69) is 6.07 Å². The minimum atomic E-state index is 0.782. The molecule has 2 N–H and O–H groups in total. The average Bonchev–Trinajstić information content (AvgIpc) is 2.40. The van der Waals surface area contributed by atoms with E-state index in [1.165, 1.54) is 24.0 Å². The van der Waals surface area contributed by atoms with Gasteiger partial charge in [0.2, 0.25) is 0 Å². The second-order valence-corrected chi connectivity index (χ2v) is 3.48. The molecular formula is C10H12N2. The third kappa shape index (κ3) is 0.937. The maximum atomic E-state index is 8.85. The standard InChI is InChI=1S/C10H12N2/c11-6-9-8-4-2-1-3-7(8)5-10(9)12/h1-5,12H2. The lowest BCUT2D eigenvalue weighted by molar-refractivity contribution is 0.677. The van der Waals surface area contributed by atoms with Crippen LogP contribution in [0.2, 0.25) is 0 Å². The monoisotopic (exact) mass is 160 g/mol. The molecule has 0 unspecified atom stereocenters. The fourth-order valence-electron chi connectivity index (χ4n) is 2.12. The van der Waals surface area contributed by atoms with Crippen molar-refractivity contribution in [3.63, 3.8) is 0 Å². The smallest absolute Gasteiger partial charge is 0.101 e. The molecule has 2 aliphatic rings. The number of nitrogens with zero attached hydrogens (tertiary/aromatic N) is 1. The topological polar surface area (TPSA) is 49.8 Å². The van der Waals surface area contributed by atoms with E-state index in [-0.39, 0.29) is 0 Å². The van der Waals surface area contributed by atoms with Crippen LogP contribution < -0.4 is 5.73 Å². The maximum absolute atomic E-state index is 8.85. The second kappa shape index (κ2) is 2.67. The van der Waals surface area contributed by atoms with Crippen molar-refractivity contribution in [2.45, 2.75) is 32.1 Å². The average molecular weight is 160 g/mol. The highest BCUT2D eigenvalue weighted by molar-refractivity contribution is 5.54. The van der Waals surface area contributed by atoms with E-state index in [4.69, 9.17) is 11.0 Å². The molecular weight excluding hydrogens is 148 g/mol.